The number of carbonyl (C=O) groups is 2. The maximum absolute atomic E-state index is 14.3. The molecule has 11 heteroatoms. The number of nitrogens with zero attached hydrogens (tertiary/aromatic N) is 2. The maximum atomic E-state index is 14.3. The molecule has 3 aromatic carbocycles. The monoisotopic (exact) mass is 638 g/mol. The largest absolute Gasteiger partial charge is 0.497 e. The topological polar surface area (TPSA) is 137 Å². The van der Waals surface area contributed by atoms with Gasteiger partial charge in [0.15, 0.2) is 0 Å². The minimum Gasteiger partial charge on any atom is -0.497 e. The van der Waals surface area contributed by atoms with Crippen molar-refractivity contribution in [2.45, 2.75) is 59.7 Å². The highest BCUT2D eigenvalue weighted by Crippen LogP contribution is 2.34. The number of aryl methyl sites for hydroxylation is 2. The Bertz CT molecular complexity index is 1940. The normalized spacial score (nSPS) is 11.4. The molecule has 2 heterocycles. The Morgan fingerprint density at radius 1 is 0.660 bits per heavy atom. The lowest BCUT2D eigenvalue weighted by atomic mass is 9.85. The van der Waals surface area contributed by atoms with Crippen LogP contribution >= 0.6 is 0 Å². The number of aromatic nitrogens is 4. The molecule has 0 aliphatic rings. The van der Waals surface area contributed by atoms with Crippen LogP contribution in [-0.2, 0) is 9.47 Å². The number of rotatable bonds is 10. The minimum atomic E-state index is -0.816. The highest BCUT2D eigenvalue weighted by molar-refractivity contribution is 5.90. The van der Waals surface area contributed by atoms with E-state index in [-0.39, 0.29) is 12.2 Å². The summed E-state index contributed by atoms with van der Waals surface area (Å²) in [6.07, 6.45) is -0.608. The Hall–Kier alpha value is -5.58. The third-order valence-corrected chi connectivity index (χ3v) is 7.60. The molecule has 0 bridgehead atoms. The molecule has 244 valence electrons. The molecule has 2 aromatic heterocycles. The van der Waals surface area contributed by atoms with Crippen molar-refractivity contribution in [3.8, 4) is 17.1 Å². The van der Waals surface area contributed by atoms with Crippen LogP contribution in [0.2, 0.25) is 0 Å². The number of hydrogen-bond donors (Lipinski definition) is 2. The number of esters is 2. The Labute approximate surface area is 271 Å². The summed E-state index contributed by atoms with van der Waals surface area (Å²) < 4.78 is 18.9. The summed E-state index contributed by atoms with van der Waals surface area (Å²) in [5, 5.41) is 6.30. The zero-order chi connectivity index (χ0) is 34.0. The summed E-state index contributed by atoms with van der Waals surface area (Å²) in [5.74, 6) is -1.26. The molecule has 0 saturated heterocycles. The van der Waals surface area contributed by atoms with E-state index >= 15 is 0 Å². The molecule has 0 aliphatic carbocycles. The average Bonchev–Trinajstić information content (AvgIpc) is 3.50. The number of benzene rings is 3. The fourth-order valence-corrected chi connectivity index (χ4v) is 5.57. The Morgan fingerprint density at radius 2 is 1.11 bits per heavy atom. The molecule has 0 amide bonds. The second-order valence-corrected chi connectivity index (χ2v) is 11.8. The van der Waals surface area contributed by atoms with Crippen LogP contribution in [0.25, 0.3) is 11.4 Å². The van der Waals surface area contributed by atoms with Gasteiger partial charge in [0.25, 0.3) is 11.1 Å². The van der Waals surface area contributed by atoms with Crippen molar-refractivity contribution in [1.82, 2.24) is 19.6 Å². The van der Waals surface area contributed by atoms with Gasteiger partial charge in [-0.15, -0.1) is 0 Å². The second-order valence-electron chi connectivity index (χ2n) is 11.8. The van der Waals surface area contributed by atoms with Gasteiger partial charge in [0, 0.05) is 17.3 Å². The van der Waals surface area contributed by atoms with Gasteiger partial charge in [-0.25, -0.2) is 19.0 Å². The van der Waals surface area contributed by atoms with Gasteiger partial charge < -0.3 is 14.2 Å². The predicted octanol–water partition coefficient (Wildman–Crippen LogP) is 5.58. The first kappa shape index (κ1) is 32.8. The first-order valence-corrected chi connectivity index (χ1v) is 15.3. The number of H-pyrrole nitrogens is 2. The van der Waals surface area contributed by atoms with E-state index < -0.39 is 29.0 Å². The van der Waals surface area contributed by atoms with Gasteiger partial charge in [-0.2, -0.15) is 0 Å². The van der Waals surface area contributed by atoms with Crippen LogP contribution in [0, 0.1) is 13.8 Å². The summed E-state index contributed by atoms with van der Waals surface area (Å²) in [5.41, 5.74) is 3.07. The first-order chi connectivity index (χ1) is 22.4. The molecular weight excluding hydrogens is 600 g/mol. The average molecular weight is 639 g/mol. The Balaban J connectivity index is 1.68. The molecular formula is C36H38N4O7. The van der Waals surface area contributed by atoms with Crippen LogP contribution in [-0.4, -0.2) is 50.8 Å². The molecule has 5 rings (SSSR count). The molecule has 0 fully saturated rings. The van der Waals surface area contributed by atoms with Gasteiger partial charge in [0.2, 0.25) is 0 Å². The third kappa shape index (κ3) is 6.69. The van der Waals surface area contributed by atoms with E-state index in [0.717, 1.165) is 0 Å². The third-order valence-electron chi connectivity index (χ3n) is 7.60. The lowest BCUT2D eigenvalue weighted by Gasteiger charge is -2.16. The highest BCUT2D eigenvalue weighted by atomic mass is 16.5. The van der Waals surface area contributed by atoms with E-state index in [1.54, 1.807) is 115 Å². The summed E-state index contributed by atoms with van der Waals surface area (Å²) in [7, 11) is 1.55. The van der Waals surface area contributed by atoms with E-state index in [4.69, 9.17) is 14.2 Å². The molecule has 2 N–H and O–H groups in total. The number of methoxy groups -OCH3 is 1. The van der Waals surface area contributed by atoms with Gasteiger partial charge in [-0.05, 0) is 95.6 Å². The lowest BCUT2D eigenvalue weighted by Crippen LogP contribution is -2.25. The standard InChI is InChI=1S/C36H38N4O7/c1-20(2)46-35(43)25-12-8-14-27(17-25)39-33(41)30(22(5)37-39)32(24-11-10-16-29(19-24)45-7)31-23(6)38-40(34(31)42)28-15-9-13-26(18-28)36(44)47-21(3)4/h8-21,32,37-38H,1-7H3. The molecule has 0 aliphatic heterocycles. The molecule has 0 atom stereocenters. The summed E-state index contributed by atoms with van der Waals surface area (Å²) in [4.78, 5) is 53.9. The number of hydrogen-bond acceptors (Lipinski definition) is 7. The number of ether oxygens (including phenoxy) is 3. The van der Waals surface area contributed by atoms with Gasteiger partial charge in [-0.1, -0.05) is 24.3 Å². The molecule has 5 aromatic rings. The van der Waals surface area contributed by atoms with Crippen molar-refractivity contribution in [3.63, 3.8) is 0 Å². The zero-order valence-electron chi connectivity index (χ0n) is 27.4. The molecule has 0 unspecified atom stereocenters. The van der Waals surface area contributed by atoms with Crippen LogP contribution in [0.3, 0.4) is 0 Å². The summed E-state index contributed by atoms with van der Waals surface area (Å²) in [6, 6.07) is 20.4. The first-order valence-electron chi connectivity index (χ1n) is 15.3. The fraction of sp³-hybridized carbons (Fsp3) is 0.278. The van der Waals surface area contributed by atoms with Gasteiger partial charge in [0.05, 0.1) is 52.9 Å². The zero-order valence-corrected chi connectivity index (χ0v) is 27.4. The molecule has 0 spiro atoms. The Morgan fingerprint density at radius 3 is 1.53 bits per heavy atom. The summed E-state index contributed by atoms with van der Waals surface area (Å²) >= 11 is 0. The fourth-order valence-electron chi connectivity index (χ4n) is 5.57. The molecule has 11 nitrogen and oxygen atoms in total. The highest BCUT2D eigenvalue weighted by Gasteiger charge is 2.31. The second kappa shape index (κ2) is 13.4. The van der Waals surface area contributed by atoms with Gasteiger partial charge in [0.1, 0.15) is 5.75 Å². The molecule has 0 radical (unpaired) electrons. The molecule has 0 saturated carbocycles. The van der Waals surface area contributed by atoms with Crippen LogP contribution in [0.4, 0.5) is 0 Å². The smallest absolute Gasteiger partial charge is 0.338 e. The van der Waals surface area contributed by atoms with Crippen molar-refractivity contribution < 1.29 is 23.8 Å². The molecule has 47 heavy (non-hydrogen) atoms. The predicted molar refractivity (Wildman–Crippen MR) is 177 cm³/mol. The van der Waals surface area contributed by atoms with Gasteiger partial charge >= 0.3 is 11.9 Å². The van der Waals surface area contributed by atoms with Crippen LogP contribution in [0.15, 0.2) is 82.4 Å². The van der Waals surface area contributed by atoms with Crippen molar-refractivity contribution in [2.75, 3.05) is 7.11 Å². The quantitative estimate of drug-likeness (QED) is 0.191. The number of carbonyl (C=O) groups excluding carboxylic acids is 2. The SMILES string of the molecule is COc1cccc(C(c2c(C)[nH]n(-c3cccc(C(=O)OC(C)C)c3)c2=O)c2c(C)[nH]n(-c3cccc(C(=O)OC(C)C)c3)c2=O)c1. The number of nitrogens with one attached hydrogen (secondary N) is 2. The van der Waals surface area contributed by atoms with E-state index in [1.165, 1.54) is 9.36 Å². The minimum absolute atomic E-state index is 0.296. The van der Waals surface area contributed by atoms with Crippen molar-refractivity contribution in [2.24, 2.45) is 0 Å². The van der Waals surface area contributed by atoms with Crippen molar-refractivity contribution in [3.05, 3.63) is 133 Å². The van der Waals surface area contributed by atoms with Crippen molar-refractivity contribution >= 4 is 11.9 Å². The van der Waals surface area contributed by atoms with E-state index in [0.29, 0.717) is 56.3 Å². The van der Waals surface area contributed by atoms with E-state index in [9.17, 15) is 19.2 Å². The van der Waals surface area contributed by atoms with E-state index in [1.807, 2.05) is 6.07 Å². The van der Waals surface area contributed by atoms with Crippen LogP contribution < -0.4 is 15.9 Å². The maximum Gasteiger partial charge on any atom is 0.338 e. The van der Waals surface area contributed by atoms with Crippen LogP contribution in [0.1, 0.15) is 82.4 Å². The van der Waals surface area contributed by atoms with E-state index in [2.05, 4.69) is 10.2 Å². The summed E-state index contributed by atoms with van der Waals surface area (Å²) in [6.45, 7) is 10.6. The Kier molecular flexibility index (Phi) is 9.36. The lowest BCUT2D eigenvalue weighted by molar-refractivity contribution is 0.0367. The van der Waals surface area contributed by atoms with Gasteiger partial charge in [-0.3, -0.25) is 19.8 Å². The number of aromatic amines is 2. The van der Waals surface area contributed by atoms with Crippen LogP contribution in [0.5, 0.6) is 5.75 Å². The van der Waals surface area contributed by atoms with Crippen molar-refractivity contribution in [1.29, 1.82) is 0 Å².